The predicted octanol–water partition coefficient (Wildman–Crippen LogP) is 2.31. The second-order valence-electron chi connectivity index (χ2n) is 2.36. The normalized spacial score (nSPS) is 8.60. The van der Waals surface area contributed by atoms with Crippen molar-refractivity contribution in [3.63, 3.8) is 0 Å². The average molecular weight is 209 g/mol. The summed E-state index contributed by atoms with van der Waals surface area (Å²) in [5, 5.41) is 0. The Balaban J connectivity index is 0.000000442. The van der Waals surface area contributed by atoms with Crippen molar-refractivity contribution in [3.05, 3.63) is 28.8 Å². The van der Waals surface area contributed by atoms with E-state index in [-0.39, 0.29) is 5.69 Å². The standard InChI is InChI=1S/C7H7N3O.2C2H6/c1-10-5-3-2-4-8-6(5)9-7(10)11;2*1-2/h2-4H,1H3,(H,8,9,11);2*1-2H3. The van der Waals surface area contributed by atoms with E-state index in [4.69, 9.17) is 0 Å². The SMILES string of the molecule is CC.CC.Cn1c(=O)[nH]c2ncccc21. The van der Waals surface area contributed by atoms with Crippen LogP contribution >= 0.6 is 0 Å². The van der Waals surface area contributed by atoms with E-state index >= 15 is 0 Å². The van der Waals surface area contributed by atoms with E-state index in [9.17, 15) is 4.79 Å². The van der Waals surface area contributed by atoms with Gasteiger partial charge < -0.3 is 0 Å². The van der Waals surface area contributed by atoms with Gasteiger partial charge in [0.25, 0.3) is 0 Å². The van der Waals surface area contributed by atoms with Gasteiger partial charge in [0.05, 0.1) is 5.52 Å². The number of hydrogen-bond donors (Lipinski definition) is 1. The fourth-order valence-electron chi connectivity index (χ4n) is 1.06. The first kappa shape index (κ1) is 13.4. The molecule has 0 saturated heterocycles. The monoisotopic (exact) mass is 209 g/mol. The molecule has 0 radical (unpaired) electrons. The number of aryl methyl sites for hydroxylation is 1. The van der Waals surface area contributed by atoms with Crippen molar-refractivity contribution in [2.45, 2.75) is 27.7 Å². The van der Waals surface area contributed by atoms with Gasteiger partial charge >= 0.3 is 5.69 Å². The van der Waals surface area contributed by atoms with E-state index in [0.29, 0.717) is 5.65 Å². The highest BCUT2D eigenvalue weighted by Crippen LogP contribution is 2.02. The van der Waals surface area contributed by atoms with Gasteiger partial charge in [-0.15, -0.1) is 0 Å². The van der Waals surface area contributed by atoms with Gasteiger partial charge in [-0.1, -0.05) is 27.7 Å². The molecule has 1 N–H and O–H groups in total. The van der Waals surface area contributed by atoms with Crippen molar-refractivity contribution in [1.29, 1.82) is 0 Å². The van der Waals surface area contributed by atoms with Crippen molar-refractivity contribution < 1.29 is 0 Å². The smallest absolute Gasteiger partial charge is 0.294 e. The van der Waals surface area contributed by atoms with Gasteiger partial charge in [0, 0.05) is 13.2 Å². The molecule has 0 bridgehead atoms. The fraction of sp³-hybridized carbons (Fsp3) is 0.455. The molecule has 84 valence electrons. The number of nitrogens with one attached hydrogen (secondary N) is 1. The van der Waals surface area contributed by atoms with Crippen LogP contribution in [0.5, 0.6) is 0 Å². The highest BCUT2D eigenvalue weighted by Gasteiger charge is 2.00. The van der Waals surface area contributed by atoms with Crippen LogP contribution in [0, 0.1) is 0 Å². The van der Waals surface area contributed by atoms with E-state index in [0.717, 1.165) is 5.52 Å². The van der Waals surface area contributed by atoms with E-state index in [1.54, 1.807) is 19.3 Å². The Morgan fingerprint density at radius 3 is 2.40 bits per heavy atom. The number of nitrogens with zero attached hydrogens (tertiary/aromatic N) is 2. The molecule has 0 aromatic carbocycles. The maximum Gasteiger partial charge on any atom is 0.327 e. The minimum Gasteiger partial charge on any atom is -0.294 e. The fourth-order valence-corrected chi connectivity index (χ4v) is 1.06. The molecule has 4 nitrogen and oxygen atoms in total. The maximum absolute atomic E-state index is 11.0. The van der Waals surface area contributed by atoms with Gasteiger partial charge in [0.2, 0.25) is 0 Å². The van der Waals surface area contributed by atoms with Crippen LogP contribution in [-0.2, 0) is 7.05 Å². The molecule has 2 aromatic rings. The van der Waals surface area contributed by atoms with Crippen molar-refractivity contribution >= 4 is 11.2 Å². The Hall–Kier alpha value is -1.58. The molecular formula is C11H19N3O. The third-order valence-electron chi connectivity index (χ3n) is 1.68. The Morgan fingerprint density at radius 2 is 1.87 bits per heavy atom. The number of pyridine rings is 1. The molecule has 2 rings (SSSR count). The maximum atomic E-state index is 11.0. The molecule has 0 fully saturated rings. The van der Waals surface area contributed by atoms with Gasteiger partial charge in [0.1, 0.15) is 0 Å². The first-order valence-corrected chi connectivity index (χ1v) is 5.29. The summed E-state index contributed by atoms with van der Waals surface area (Å²) in [6.45, 7) is 8.00. The van der Waals surface area contributed by atoms with Gasteiger partial charge in [0.15, 0.2) is 5.65 Å². The van der Waals surface area contributed by atoms with Crippen molar-refractivity contribution in [2.75, 3.05) is 0 Å². The molecule has 0 amide bonds. The molecule has 0 spiro atoms. The molecule has 2 heterocycles. The molecule has 15 heavy (non-hydrogen) atoms. The van der Waals surface area contributed by atoms with Gasteiger partial charge in [-0.2, -0.15) is 0 Å². The first-order valence-electron chi connectivity index (χ1n) is 5.29. The highest BCUT2D eigenvalue weighted by molar-refractivity contribution is 5.69. The van der Waals surface area contributed by atoms with Crippen LogP contribution in [0.15, 0.2) is 23.1 Å². The molecule has 0 saturated carbocycles. The van der Waals surface area contributed by atoms with Gasteiger partial charge in [-0.25, -0.2) is 9.78 Å². The number of imidazole rings is 1. The third kappa shape index (κ3) is 2.94. The summed E-state index contributed by atoms with van der Waals surface area (Å²) in [7, 11) is 1.71. The molecule has 0 aliphatic carbocycles. The lowest BCUT2D eigenvalue weighted by molar-refractivity contribution is 0.891. The van der Waals surface area contributed by atoms with Gasteiger partial charge in [-0.05, 0) is 12.1 Å². The van der Waals surface area contributed by atoms with E-state index in [1.165, 1.54) is 4.57 Å². The van der Waals surface area contributed by atoms with Crippen LogP contribution in [0.1, 0.15) is 27.7 Å². The second-order valence-corrected chi connectivity index (χ2v) is 2.36. The van der Waals surface area contributed by atoms with Crippen LogP contribution < -0.4 is 5.69 Å². The third-order valence-corrected chi connectivity index (χ3v) is 1.68. The Bertz CT molecular complexity index is 442. The summed E-state index contributed by atoms with van der Waals surface area (Å²) in [5.41, 5.74) is 1.34. The minimum absolute atomic E-state index is 0.126. The Morgan fingerprint density at radius 1 is 1.27 bits per heavy atom. The van der Waals surface area contributed by atoms with Crippen LogP contribution in [0.4, 0.5) is 0 Å². The summed E-state index contributed by atoms with van der Waals surface area (Å²) in [5.74, 6) is 0. The van der Waals surface area contributed by atoms with E-state index in [2.05, 4.69) is 9.97 Å². The molecule has 0 atom stereocenters. The van der Waals surface area contributed by atoms with E-state index < -0.39 is 0 Å². The molecular weight excluding hydrogens is 190 g/mol. The van der Waals surface area contributed by atoms with Gasteiger partial charge in [-0.3, -0.25) is 9.55 Å². The second kappa shape index (κ2) is 6.81. The number of H-pyrrole nitrogens is 1. The predicted molar refractivity (Wildman–Crippen MR) is 64.0 cm³/mol. The zero-order valence-corrected chi connectivity index (χ0v) is 10.0. The van der Waals surface area contributed by atoms with Crippen LogP contribution in [-0.4, -0.2) is 14.5 Å². The van der Waals surface area contributed by atoms with Crippen LogP contribution in [0.25, 0.3) is 11.2 Å². The summed E-state index contributed by atoms with van der Waals surface area (Å²) in [6.07, 6.45) is 1.65. The zero-order valence-electron chi connectivity index (χ0n) is 10.0. The molecule has 0 aliphatic rings. The topological polar surface area (TPSA) is 50.7 Å². The number of aromatic nitrogens is 3. The van der Waals surface area contributed by atoms with Crippen molar-refractivity contribution in [3.8, 4) is 0 Å². The highest BCUT2D eigenvalue weighted by atomic mass is 16.1. The largest absolute Gasteiger partial charge is 0.327 e. The molecule has 0 unspecified atom stereocenters. The molecule has 4 heteroatoms. The average Bonchev–Trinajstić information content (AvgIpc) is 2.61. The lowest BCUT2D eigenvalue weighted by Crippen LogP contribution is -2.11. The van der Waals surface area contributed by atoms with Crippen LogP contribution in [0.3, 0.4) is 0 Å². The first-order chi connectivity index (χ1) is 7.29. The molecule has 0 aliphatic heterocycles. The summed E-state index contributed by atoms with van der Waals surface area (Å²) in [6, 6.07) is 3.65. The number of hydrogen-bond acceptors (Lipinski definition) is 2. The zero-order chi connectivity index (χ0) is 11.8. The van der Waals surface area contributed by atoms with Crippen molar-refractivity contribution in [2.24, 2.45) is 7.05 Å². The minimum atomic E-state index is -0.126. The number of aromatic amines is 1. The Labute approximate surface area is 90.0 Å². The lowest BCUT2D eigenvalue weighted by atomic mass is 10.4. The summed E-state index contributed by atoms with van der Waals surface area (Å²) in [4.78, 5) is 17.6. The van der Waals surface area contributed by atoms with Crippen molar-refractivity contribution in [1.82, 2.24) is 14.5 Å². The number of fused-ring (bicyclic) bond motifs is 1. The van der Waals surface area contributed by atoms with Crippen LogP contribution in [0.2, 0.25) is 0 Å². The summed E-state index contributed by atoms with van der Waals surface area (Å²) >= 11 is 0. The van der Waals surface area contributed by atoms with E-state index in [1.807, 2.05) is 33.8 Å². The lowest BCUT2D eigenvalue weighted by Gasteiger charge is -1.88. The molecule has 2 aromatic heterocycles. The quantitative estimate of drug-likeness (QED) is 0.724. The Kier molecular flexibility index (Phi) is 6.09. The number of rotatable bonds is 0. The summed E-state index contributed by atoms with van der Waals surface area (Å²) < 4.78 is 1.53.